The first-order chi connectivity index (χ1) is 14.3. The molecule has 30 heavy (non-hydrogen) atoms. The summed E-state index contributed by atoms with van der Waals surface area (Å²) < 4.78 is 15.5. The molecule has 1 aliphatic heterocycles. The molecule has 0 unspecified atom stereocenters. The minimum absolute atomic E-state index is 0.00223. The van der Waals surface area contributed by atoms with Crippen LogP contribution < -0.4 is 4.74 Å². The number of hydrogen-bond donors (Lipinski definition) is 4. The van der Waals surface area contributed by atoms with Crippen molar-refractivity contribution in [2.75, 3.05) is 13.7 Å². The first-order valence-electron chi connectivity index (χ1n) is 8.91. The lowest BCUT2D eigenvalue weighted by molar-refractivity contribution is -0.277. The highest BCUT2D eigenvalue weighted by molar-refractivity contribution is 6.37. The fourth-order valence-corrected chi connectivity index (χ4v) is 3.61. The second-order valence-electron chi connectivity index (χ2n) is 6.65. The van der Waals surface area contributed by atoms with Crippen molar-refractivity contribution < 1.29 is 39.4 Å². The second kappa shape index (κ2) is 9.49. The van der Waals surface area contributed by atoms with Gasteiger partial charge in [-0.25, -0.2) is 4.79 Å². The van der Waals surface area contributed by atoms with Gasteiger partial charge < -0.3 is 34.6 Å². The molecule has 8 nitrogen and oxygen atoms in total. The van der Waals surface area contributed by atoms with Crippen LogP contribution in [0.5, 0.6) is 5.75 Å². The maximum atomic E-state index is 11.6. The minimum Gasteiger partial charge on any atom is -0.465 e. The standard InChI is InChI=1S/C20H20Cl2O8/c1-28-19(27)10-4-2-9(3-5-10)11-6-12(21)18(13(22)7-11)30-20-17(26)16(25)15(24)14(8-23)29-20/h2-7,14-17,20,23-26H,8H2,1H3/t14-,15-,16+,17+,20+/m1/s1. The van der Waals surface area contributed by atoms with Gasteiger partial charge in [-0.1, -0.05) is 35.3 Å². The molecule has 2 aromatic rings. The van der Waals surface area contributed by atoms with Gasteiger partial charge in [-0.2, -0.15) is 0 Å². The number of aliphatic hydroxyl groups is 4. The molecular weight excluding hydrogens is 439 g/mol. The summed E-state index contributed by atoms with van der Waals surface area (Å²) in [6.45, 7) is -0.590. The Morgan fingerprint density at radius 2 is 1.60 bits per heavy atom. The zero-order chi connectivity index (χ0) is 22.0. The molecule has 0 amide bonds. The van der Waals surface area contributed by atoms with Gasteiger partial charge in [0.1, 0.15) is 24.4 Å². The average Bonchev–Trinajstić information content (AvgIpc) is 2.75. The third-order valence-corrected chi connectivity index (χ3v) is 5.28. The van der Waals surface area contributed by atoms with Crippen LogP contribution in [0.1, 0.15) is 10.4 Å². The molecule has 0 aromatic heterocycles. The van der Waals surface area contributed by atoms with Crippen molar-refractivity contribution in [1.29, 1.82) is 0 Å². The molecule has 10 heteroatoms. The quantitative estimate of drug-likeness (QED) is 0.498. The fraction of sp³-hybridized carbons (Fsp3) is 0.350. The number of carbonyl (C=O) groups is 1. The normalized spacial score (nSPS) is 26.3. The molecule has 4 N–H and O–H groups in total. The SMILES string of the molecule is COC(=O)c1ccc(-c2cc(Cl)c(O[C@@H]3O[C@H](CO)[C@@H](O)[C@H](O)[C@@H]3O)c(Cl)c2)cc1. The Morgan fingerprint density at radius 1 is 1.00 bits per heavy atom. The second-order valence-corrected chi connectivity index (χ2v) is 7.47. The van der Waals surface area contributed by atoms with Crippen LogP contribution >= 0.6 is 23.2 Å². The Labute approximate surface area is 182 Å². The molecular formula is C20H20Cl2O8. The van der Waals surface area contributed by atoms with Crippen LogP contribution in [0.2, 0.25) is 10.0 Å². The molecule has 2 aromatic carbocycles. The number of aliphatic hydroxyl groups excluding tert-OH is 4. The molecule has 0 bridgehead atoms. The molecule has 0 aliphatic carbocycles. The Hall–Kier alpha value is -1.91. The first-order valence-corrected chi connectivity index (χ1v) is 9.67. The van der Waals surface area contributed by atoms with Gasteiger partial charge in [-0.05, 0) is 35.4 Å². The van der Waals surface area contributed by atoms with Crippen LogP contribution in [0.3, 0.4) is 0 Å². The number of rotatable bonds is 5. The number of carbonyl (C=O) groups excluding carboxylic acids is 1. The highest BCUT2D eigenvalue weighted by Crippen LogP contribution is 2.39. The summed E-state index contributed by atoms with van der Waals surface area (Å²) >= 11 is 12.6. The van der Waals surface area contributed by atoms with E-state index in [9.17, 15) is 25.2 Å². The Balaban J connectivity index is 1.84. The largest absolute Gasteiger partial charge is 0.465 e. The van der Waals surface area contributed by atoms with Crippen molar-refractivity contribution in [3.8, 4) is 16.9 Å². The van der Waals surface area contributed by atoms with Crippen molar-refractivity contribution in [3.05, 3.63) is 52.0 Å². The van der Waals surface area contributed by atoms with Crippen molar-refractivity contribution in [2.24, 2.45) is 0 Å². The smallest absolute Gasteiger partial charge is 0.337 e. The Kier molecular flexibility index (Phi) is 7.20. The number of halogens is 2. The van der Waals surface area contributed by atoms with Gasteiger partial charge in [0, 0.05) is 0 Å². The summed E-state index contributed by atoms with van der Waals surface area (Å²) in [5.41, 5.74) is 1.76. The van der Waals surface area contributed by atoms with Gasteiger partial charge in [-0.3, -0.25) is 0 Å². The van der Waals surface area contributed by atoms with E-state index < -0.39 is 43.3 Å². The minimum atomic E-state index is -1.60. The third kappa shape index (κ3) is 4.55. The predicted molar refractivity (Wildman–Crippen MR) is 108 cm³/mol. The lowest BCUT2D eigenvalue weighted by Crippen LogP contribution is -2.60. The van der Waals surface area contributed by atoms with Gasteiger partial charge in [-0.15, -0.1) is 0 Å². The van der Waals surface area contributed by atoms with E-state index in [4.69, 9.17) is 32.7 Å². The van der Waals surface area contributed by atoms with E-state index in [1.807, 2.05) is 0 Å². The predicted octanol–water partition coefficient (Wildman–Crippen LogP) is 1.63. The van der Waals surface area contributed by atoms with Crippen LogP contribution in [0.15, 0.2) is 36.4 Å². The van der Waals surface area contributed by atoms with E-state index in [1.165, 1.54) is 7.11 Å². The maximum Gasteiger partial charge on any atom is 0.337 e. The van der Waals surface area contributed by atoms with E-state index in [1.54, 1.807) is 36.4 Å². The number of methoxy groups -OCH3 is 1. The van der Waals surface area contributed by atoms with Crippen molar-refractivity contribution >= 4 is 29.2 Å². The average molecular weight is 459 g/mol. The maximum absolute atomic E-state index is 11.6. The van der Waals surface area contributed by atoms with Crippen LogP contribution in [-0.2, 0) is 9.47 Å². The first kappa shape index (κ1) is 22.8. The highest BCUT2D eigenvalue weighted by Gasteiger charge is 2.45. The third-order valence-electron chi connectivity index (χ3n) is 4.72. The van der Waals surface area contributed by atoms with Crippen LogP contribution in [-0.4, -0.2) is 70.8 Å². The molecule has 3 rings (SSSR count). The van der Waals surface area contributed by atoms with E-state index in [2.05, 4.69) is 4.74 Å². The number of ether oxygens (including phenoxy) is 3. The summed E-state index contributed by atoms with van der Waals surface area (Å²) in [5, 5.41) is 39.3. The molecule has 0 spiro atoms. The lowest BCUT2D eigenvalue weighted by atomic mass is 9.99. The van der Waals surface area contributed by atoms with Crippen molar-refractivity contribution in [1.82, 2.24) is 0 Å². The zero-order valence-corrected chi connectivity index (χ0v) is 17.2. The summed E-state index contributed by atoms with van der Waals surface area (Å²) in [6.07, 6.45) is -7.24. The molecule has 162 valence electrons. The topological polar surface area (TPSA) is 126 Å². The van der Waals surface area contributed by atoms with E-state index in [0.717, 1.165) is 5.56 Å². The van der Waals surface area contributed by atoms with Gasteiger partial charge in [0.25, 0.3) is 0 Å². The fourth-order valence-electron chi connectivity index (χ4n) is 3.04. The molecule has 0 radical (unpaired) electrons. The summed E-state index contributed by atoms with van der Waals surface area (Å²) in [6, 6.07) is 9.74. The molecule has 1 aliphatic rings. The van der Waals surface area contributed by atoms with E-state index in [0.29, 0.717) is 11.1 Å². The summed E-state index contributed by atoms with van der Waals surface area (Å²) in [4.78, 5) is 11.6. The van der Waals surface area contributed by atoms with Gasteiger partial charge in [0.05, 0.1) is 29.3 Å². The molecule has 1 heterocycles. The highest BCUT2D eigenvalue weighted by atomic mass is 35.5. The van der Waals surface area contributed by atoms with E-state index in [-0.39, 0.29) is 15.8 Å². The summed E-state index contributed by atoms with van der Waals surface area (Å²) in [7, 11) is 1.30. The van der Waals surface area contributed by atoms with E-state index >= 15 is 0 Å². The van der Waals surface area contributed by atoms with Crippen LogP contribution in [0.4, 0.5) is 0 Å². The molecule has 1 saturated heterocycles. The Morgan fingerprint density at radius 3 is 2.13 bits per heavy atom. The number of esters is 1. The lowest BCUT2D eigenvalue weighted by Gasteiger charge is -2.39. The molecule has 0 saturated carbocycles. The van der Waals surface area contributed by atoms with Gasteiger partial charge in [0.15, 0.2) is 5.75 Å². The molecule has 5 atom stereocenters. The van der Waals surface area contributed by atoms with Gasteiger partial charge >= 0.3 is 5.97 Å². The van der Waals surface area contributed by atoms with Gasteiger partial charge in [0.2, 0.25) is 6.29 Å². The monoisotopic (exact) mass is 458 g/mol. The number of benzene rings is 2. The van der Waals surface area contributed by atoms with Crippen LogP contribution in [0.25, 0.3) is 11.1 Å². The summed E-state index contributed by atoms with van der Waals surface area (Å²) in [5.74, 6) is -0.460. The molecule has 1 fully saturated rings. The van der Waals surface area contributed by atoms with Crippen LogP contribution in [0, 0.1) is 0 Å². The Bertz CT molecular complexity index is 879. The number of hydrogen-bond acceptors (Lipinski definition) is 8. The zero-order valence-electron chi connectivity index (χ0n) is 15.7. The van der Waals surface area contributed by atoms with Crippen molar-refractivity contribution in [2.45, 2.75) is 30.7 Å². The van der Waals surface area contributed by atoms with Crippen molar-refractivity contribution in [3.63, 3.8) is 0 Å².